The van der Waals surface area contributed by atoms with Gasteiger partial charge in [-0.25, -0.2) is 4.98 Å². The van der Waals surface area contributed by atoms with Gasteiger partial charge in [-0.3, -0.25) is 0 Å². The number of fused-ring (bicyclic) bond motifs is 1. The number of aromatic nitrogens is 1. The summed E-state index contributed by atoms with van der Waals surface area (Å²) in [5.41, 5.74) is 9.91. The lowest BCUT2D eigenvalue weighted by molar-refractivity contribution is 0.849. The Bertz CT molecular complexity index is 535. The Morgan fingerprint density at radius 2 is 2.17 bits per heavy atom. The fourth-order valence-electron chi connectivity index (χ4n) is 2.47. The summed E-state index contributed by atoms with van der Waals surface area (Å²) in [5.74, 6) is 0.687. The van der Waals surface area contributed by atoms with Crippen LogP contribution in [0.3, 0.4) is 0 Å². The SMILES string of the molecule is Cc1ccnc(N)c1CC1Cc2ccccc2S1. The third kappa shape index (κ3) is 2.10. The van der Waals surface area contributed by atoms with Crippen LogP contribution in [0.1, 0.15) is 16.7 Å². The molecule has 1 aliphatic rings. The highest BCUT2D eigenvalue weighted by Gasteiger charge is 2.23. The monoisotopic (exact) mass is 256 g/mol. The van der Waals surface area contributed by atoms with Crippen molar-refractivity contribution in [2.45, 2.75) is 29.9 Å². The highest BCUT2D eigenvalue weighted by Crippen LogP contribution is 2.38. The number of benzene rings is 1. The molecule has 3 rings (SSSR count). The van der Waals surface area contributed by atoms with Gasteiger partial charge in [-0.05, 0) is 48.6 Å². The fraction of sp³-hybridized carbons (Fsp3) is 0.267. The normalized spacial score (nSPS) is 17.7. The minimum atomic E-state index is 0.590. The van der Waals surface area contributed by atoms with Gasteiger partial charge in [0.25, 0.3) is 0 Å². The zero-order chi connectivity index (χ0) is 12.5. The molecule has 1 aromatic heterocycles. The summed E-state index contributed by atoms with van der Waals surface area (Å²) < 4.78 is 0. The summed E-state index contributed by atoms with van der Waals surface area (Å²) in [6, 6.07) is 10.7. The molecule has 0 radical (unpaired) electrons. The Hall–Kier alpha value is -1.48. The first-order valence-electron chi connectivity index (χ1n) is 6.18. The van der Waals surface area contributed by atoms with E-state index in [9.17, 15) is 0 Å². The van der Waals surface area contributed by atoms with E-state index < -0.39 is 0 Å². The van der Waals surface area contributed by atoms with E-state index in [1.807, 2.05) is 17.8 Å². The molecule has 0 saturated carbocycles. The number of nitrogens with two attached hydrogens (primary N) is 1. The third-order valence-electron chi connectivity index (χ3n) is 3.47. The van der Waals surface area contributed by atoms with E-state index in [-0.39, 0.29) is 0 Å². The number of pyridine rings is 1. The third-order valence-corrected chi connectivity index (χ3v) is 4.79. The molecule has 2 aromatic rings. The predicted octanol–water partition coefficient (Wildman–Crippen LogP) is 3.23. The van der Waals surface area contributed by atoms with Gasteiger partial charge in [-0.2, -0.15) is 0 Å². The molecule has 0 aliphatic carbocycles. The van der Waals surface area contributed by atoms with Gasteiger partial charge in [0.2, 0.25) is 0 Å². The zero-order valence-corrected chi connectivity index (χ0v) is 11.2. The molecule has 92 valence electrons. The van der Waals surface area contributed by atoms with Crippen molar-refractivity contribution in [3.8, 4) is 0 Å². The van der Waals surface area contributed by atoms with E-state index in [1.54, 1.807) is 6.20 Å². The molecule has 1 aliphatic heterocycles. The second-order valence-electron chi connectivity index (χ2n) is 4.75. The molecule has 1 unspecified atom stereocenters. The Balaban J connectivity index is 1.80. The molecule has 0 amide bonds. The molecule has 2 nitrogen and oxygen atoms in total. The number of anilines is 1. The number of thioether (sulfide) groups is 1. The Labute approximate surface area is 112 Å². The maximum Gasteiger partial charge on any atom is 0.126 e. The van der Waals surface area contributed by atoms with Crippen LogP contribution in [0.2, 0.25) is 0 Å². The van der Waals surface area contributed by atoms with Crippen LogP contribution in [0, 0.1) is 6.92 Å². The first-order chi connectivity index (χ1) is 8.74. The van der Waals surface area contributed by atoms with Crippen LogP contribution in [0.4, 0.5) is 5.82 Å². The zero-order valence-electron chi connectivity index (χ0n) is 10.4. The van der Waals surface area contributed by atoms with Crippen molar-refractivity contribution < 1.29 is 0 Å². The number of rotatable bonds is 2. The minimum Gasteiger partial charge on any atom is -0.383 e. The molecular weight excluding hydrogens is 240 g/mol. The lowest BCUT2D eigenvalue weighted by Crippen LogP contribution is -2.10. The molecule has 1 atom stereocenters. The van der Waals surface area contributed by atoms with Gasteiger partial charge < -0.3 is 5.73 Å². The Morgan fingerprint density at radius 3 is 2.94 bits per heavy atom. The molecular formula is C15H16N2S. The number of nitrogen functional groups attached to an aromatic ring is 1. The summed E-state index contributed by atoms with van der Waals surface area (Å²) in [7, 11) is 0. The van der Waals surface area contributed by atoms with Crippen LogP contribution in [-0.2, 0) is 12.8 Å². The predicted molar refractivity (Wildman–Crippen MR) is 76.9 cm³/mol. The summed E-state index contributed by atoms with van der Waals surface area (Å²) in [6.07, 6.45) is 3.92. The Kier molecular flexibility index (Phi) is 3.00. The van der Waals surface area contributed by atoms with Gasteiger partial charge in [0.1, 0.15) is 5.82 Å². The van der Waals surface area contributed by atoms with Crippen molar-refractivity contribution in [1.29, 1.82) is 0 Å². The molecule has 2 heterocycles. The standard InChI is InChI=1S/C15H16N2S/c1-10-6-7-17-15(16)13(10)9-12-8-11-4-2-3-5-14(11)18-12/h2-7,12H,8-9H2,1H3,(H2,16,17). The highest BCUT2D eigenvalue weighted by atomic mass is 32.2. The van der Waals surface area contributed by atoms with E-state index in [0.29, 0.717) is 11.1 Å². The number of hydrogen-bond donors (Lipinski definition) is 1. The van der Waals surface area contributed by atoms with Crippen molar-refractivity contribution in [3.63, 3.8) is 0 Å². The van der Waals surface area contributed by atoms with Crippen molar-refractivity contribution in [3.05, 3.63) is 53.2 Å². The van der Waals surface area contributed by atoms with Crippen LogP contribution in [0.5, 0.6) is 0 Å². The molecule has 2 N–H and O–H groups in total. The number of nitrogens with zero attached hydrogens (tertiary/aromatic N) is 1. The topological polar surface area (TPSA) is 38.9 Å². The molecule has 18 heavy (non-hydrogen) atoms. The second kappa shape index (κ2) is 4.65. The van der Waals surface area contributed by atoms with Crippen molar-refractivity contribution in [2.24, 2.45) is 0 Å². The van der Waals surface area contributed by atoms with E-state index in [2.05, 4.69) is 36.2 Å². The second-order valence-corrected chi connectivity index (χ2v) is 6.09. The summed E-state index contributed by atoms with van der Waals surface area (Å²) >= 11 is 1.97. The first kappa shape index (κ1) is 11.6. The smallest absolute Gasteiger partial charge is 0.126 e. The van der Waals surface area contributed by atoms with Crippen LogP contribution in [-0.4, -0.2) is 10.2 Å². The van der Waals surface area contributed by atoms with Crippen LogP contribution >= 0.6 is 11.8 Å². The number of aryl methyl sites for hydroxylation is 1. The minimum absolute atomic E-state index is 0.590. The van der Waals surface area contributed by atoms with Gasteiger partial charge in [0, 0.05) is 16.3 Å². The van der Waals surface area contributed by atoms with E-state index in [0.717, 1.165) is 12.8 Å². The largest absolute Gasteiger partial charge is 0.383 e. The average molecular weight is 256 g/mol. The molecule has 0 spiro atoms. The molecule has 0 fully saturated rings. The average Bonchev–Trinajstić information content (AvgIpc) is 2.76. The van der Waals surface area contributed by atoms with Gasteiger partial charge in [0.15, 0.2) is 0 Å². The van der Waals surface area contributed by atoms with Gasteiger partial charge in [-0.1, -0.05) is 18.2 Å². The van der Waals surface area contributed by atoms with Crippen molar-refractivity contribution in [1.82, 2.24) is 4.98 Å². The molecule has 0 saturated heterocycles. The van der Waals surface area contributed by atoms with E-state index in [1.165, 1.54) is 21.6 Å². The Morgan fingerprint density at radius 1 is 1.33 bits per heavy atom. The van der Waals surface area contributed by atoms with Gasteiger partial charge >= 0.3 is 0 Å². The first-order valence-corrected chi connectivity index (χ1v) is 7.06. The lowest BCUT2D eigenvalue weighted by Gasteiger charge is -2.12. The summed E-state index contributed by atoms with van der Waals surface area (Å²) in [4.78, 5) is 5.62. The van der Waals surface area contributed by atoms with E-state index in [4.69, 9.17) is 5.73 Å². The molecule has 3 heteroatoms. The van der Waals surface area contributed by atoms with Crippen molar-refractivity contribution >= 4 is 17.6 Å². The molecule has 0 bridgehead atoms. The van der Waals surface area contributed by atoms with Crippen LogP contribution in [0.25, 0.3) is 0 Å². The van der Waals surface area contributed by atoms with Gasteiger partial charge in [0.05, 0.1) is 0 Å². The quantitative estimate of drug-likeness (QED) is 0.896. The highest BCUT2D eigenvalue weighted by molar-refractivity contribution is 8.00. The fourth-order valence-corrected chi connectivity index (χ4v) is 3.80. The molecule has 1 aromatic carbocycles. The van der Waals surface area contributed by atoms with Crippen LogP contribution in [0.15, 0.2) is 41.4 Å². The maximum absolute atomic E-state index is 5.98. The van der Waals surface area contributed by atoms with Crippen molar-refractivity contribution in [2.75, 3.05) is 5.73 Å². The summed E-state index contributed by atoms with van der Waals surface area (Å²) in [5, 5.41) is 0.590. The lowest BCUT2D eigenvalue weighted by atomic mass is 10.0. The van der Waals surface area contributed by atoms with Gasteiger partial charge in [-0.15, -0.1) is 11.8 Å². The maximum atomic E-state index is 5.98. The summed E-state index contributed by atoms with van der Waals surface area (Å²) in [6.45, 7) is 2.11. The van der Waals surface area contributed by atoms with Crippen LogP contribution < -0.4 is 5.73 Å². The van der Waals surface area contributed by atoms with E-state index >= 15 is 0 Å². The number of hydrogen-bond acceptors (Lipinski definition) is 3.